The highest BCUT2D eigenvalue weighted by Gasteiger charge is 2.29. The first-order valence-electron chi connectivity index (χ1n) is 11.6. The highest BCUT2D eigenvalue weighted by Crippen LogP contribution is 2.14. The van der Waals surface area contributed by atoms with Crippen LogP contribution in [0.3, 0.4) is 0 Å². The van der Waals surface area contributed by atoms with Crippen LogP contribution in [0.25, 0.3) is 11.8 Å². The van der Waals surface area contributed by atoms with E-state index in [0.717, 1.165) is 15.9 Å². The summed E-state index contributed by atoms with van der Waals surface area (Å²) < 4.78 is 51.8. The molecule has 3 N–H and O–H groups in total. The molecule has 1 aliphatic heterocycles. The molecule has 0 saturated carbocycles. The maximum Gasteiger partial charge on any atom is 0.405 e. The van der Waals surface area contributed by atoms with Crippen LogP contribution in [-0.2, 0) is 16.1 Å². The summed E-state index contributed by atoms with van der Waals surface area (Å²) in [5, 5.41) is 16.5. The third-order valence-corrected chi connectivity index (χ3v) is 6.61. The van der Waals surface area contributed by atoms with Gasteiger partial charge in [-0.15, -0.1) is 11.3 Å². The number of alkyl halides is 4. The largest absolute Gasteiger partial charge is 0.405 e. The molecule has 2 aromatic heterocycles. The van der Waals surface area contributed by atoms with Crippen molar-refractivity contribution in [2.75, 3.05) is 36.8 Å². The molecule has 1 aliphatic rings. The van der Waals surface area contributed by atoms with Gasteiger partial charge in [-0.2, -0.15) is 18.4 Å². The predicted octanol–water partition coefficient (Wildman–Crippen LogP) is 0.900. The minimum Gasteiger partial charge on any atom is -0.345 e. The van der Waals surface area contributed by atoms with E-state index >= 15 is 0 Å². The number of likely N-dealkylation sites (tertiary alicyclic amines) is 1. The van der Waals surface area contributed by atoms with E-state index in [1.165, 1.54) is 6.20 Å². The van der Waals surface area contributed by atoms with Crippen molar-refractivity contribution >= 4 is 46.6 Å². The Morgan fingerprint density at radius 1 is 1.26 bits per heavy atom. The first kappa shape index (κ1) is 28.8. The van der Waals surface area contributed by atoms with Gasteiger partial charge in [-0.05, 0) is 31.9 Å². The number of nitrogens with zero attached hydrogens (tertiary/aromatic N) is 4. The molecule has 1 fully saturated rings. The fraction of sp³-hybridized carbons (Fsp3) is 0.435. The van der Waals surface area contributed by atoms with Crippen LogP contribution in [0.4, 0.5) is 29.2 Å². The van der Waals surface area contributed by atoms with Crippen molar-refractivity contribution in [1.82, 2.24) is 19.8 Å². The second-order valence-electron chi connectivity index (χ2n) is 8.30. The Morgan fingerprint density at radius 2 is 1.95 bits per heavy atom. The molecule has 2 amide bonds. The Kier molecular flexibility index (Phi) is 9.59. The molecular formula is C23H25F4N7O3S. The Morgan fingerprint density at radius 3 is 2.58 bits per heavy atom. The fourth-order valence-corrected chi connectivity index (χ4v) is 4.71. The summed E-state index contributed by atoms with van der Waals surface area (Å²) in [5.41, 5.74) is -1.17. The average Bonchev–Trinajstić information content (AvgIpc) is 3.18. The lowest BCUT2D eigenvalue weighted by Crippen LogP contribution is -2.39. The number of anilines is 2. The van der Waals surface area contributed by atoms with E-state index in [4.69, 9.17) is 0 Å². The number of piperidine rings is 1. The van der Waals surface area contributed by atoms with E-state index in [0.29, 0.717) is 25.9 Å². The van der Waals surface area contributed by atoms with Gasteiger partial charge in [0.2, 0.25) is 5.91 Å². The summed E-state index contributed by atoms with van der Waals surface area (Å²) >= 11 is 0.760. The van der Waals surface area contributed by atoms with Crippen molar-refractivity contribution in [3.05, 3.63) is 37.7 Å². The molecule has 0 aromatic carbocycles. The van der Waals surface area contributed by atoms with Crippen molar-refractivity contribution in [1.29, 1.82) is 5.26 Å². The number of hydrogen-bond acceptors (Lipinski definition) is 8. The van der Waals surface area contributed by atoms with E-state index in [1.807, 2.05) is 4.90 Å². The topological polar surface area (TPSA) is 132 Å². The molecule has 0 spiro atoms. The minimum absolute atomic E-state index is 0.0685. The molecule has 3 heterocycles. The van der Waals surface area contributed by atoms with E-state index in [9.17, 15) is 37.2 Å². The second kappa shape index (κ2) is 12.7. The van der Waals surface area contributed by atoms with E-state index in [2.05, 4.69) is 15.6 Å². The number of nitrogens with one attached hydrogen (secondary N) is 3. The second-order valence-corrected chi connectivity index (χ2v) is 9.33. The number of rotatable bonds is 8. The van der Waals surface area contributed by atoms with Gasteiger partial charge in [0.15, 0.2) is 5.57 Å². The Bertz CT molecular complexity index is 1390. The van der Waals surface area contributed by atoms with E-state index in [-0.39, 0.29) is 39.8 Å². The smallest absolute Gasteiger partial charge is 0.345 e. The van der Waals surface area contributed by atoms with Crippen LogP contribution in [0.5, 0.6) is 0 Å². The monoisotopic (exact) mass is 555 g/mol. The van der Waals surface area contributed by atoms with Crippen LogP contribution in [0.2, 0.25) is 0 Å². The molecule has 0 bridgehead atoms. The number of thiazole rings is 1. The van der Waals surface area contributed by atoms with Crippen LogP contribution < -0.4 is 30.7 Å². The summed E-state index contributed by atoms with van der Waals surface area (Å²) in [6.07, 6.45) is -3.44. The van der Waals surface area contributed by atoms with Crippen LogP contribution in [0, 0.1) is 11.3 Å². The number of hydrogen-bond donors (Lipinski definition) is 3. The molecule has 0 aliphatic carbocycles. The quantitative estimate of drug-likeness (QED) is 0.413. The molecule has 2 aromatic rings. The number of pyridine rings is 1. The van der Waals surface area contributed by atoms with Crippen molar-refractivity contribution in [2.24, 2.45) is 0 Å². The third kappa shape index (κ3) is 7.86. The summed E-state index contributed by atoms with van der Waals surface area (Å²) in [7, 11) is 0. The lowest BCUT2D eigenvalue weighted by Gasteiger charge is -2.27. The maximum absolute atomic E-state index is 13.3. The summed E-state index contributed by atoms with van der Waals surface area (Å²) in [6, 6.07) is 6.33. The first-order chi connectivity index (χ1) is 18.0. The molecule has 0 atom stereocenters. The molecule has 10 nitrogen and oxygen atoms in total. The molecule has 3 rings (SSSR count). The number of amides is 2. The van der Waals surface area contributed by atoms with E-state index in [1.54, 1.807) is 36.5 Å². The van der Waals surface area contributed by atoms with Crippen LogP contribution >= 0.6 is 11.3 Å². The van der Waals surface area contributed by atoms with Gasteiger partial charge in [0.1, 0.15) is 39.6 Å². The average molecular weight is 556 g/mol. The number of carbonyl (C=O) groups is 2. The van der Waals surface area contributed by atoms with Crippen molar-refractivity contribution < 1.29 is 27.2 Å². The number of carbonyl (C=O) groups excluding carboxylic acids is 2. The van der Waals surface area contributed by atoms with Gasteiger partial charge in [-0.1, -0.05) is 6.07 Å². The Labute approximate surface area is 218 Å². The third-order valence-electron chi connectivity index (χ3n) is 5.48. The minimum atomic E-state index is -4.66. The van der Waals surface area contributed by atoms with Crippen LogP contribution in [0.15, 0.2) is 23.0 Å². The normalized spacial score (nSPS) is 16.1. The predicted molar refractivity (Wildman–Crippen MR) is 133 cm³/mol. The molecular weight excluding hydrogens is 530 g/mol. The molecule has 15 heteroatoms. The highest BCUT2D eigenvalue weighted by molar-refractivity contribution is 7.07. The van der Waals surface area contributed by atoms with Gasteiger partial charge >= 0.3 is 6.18 Å². The summed E-state index contributed by atoms with van der Waals surface area (Å²) in [4.78, 5) is 43.4. The van der Waals surface area contributed by atoms with Crippen LogP contribution in [0.1, 0.15) is 19.8 Å². The van der Waals surface area contributed by atoms with E-state index < -0.39 is 35.9 Å². The van der Waals surface area contributed by atoms with Gasteiger partial charge in [0, 0.05) is 25.8 Å². The molecule has 0 radical (unpaired) electrons. The zero-order valence-electron chi connectivity index (χ0n) is 20.3. The van der Waals surface area contributed by atoms with Gasteiger partial charge in [0.25, 0.3) is 11.5 Å². The lowest BCUT2D eigenvalue weighted by molar-refractivity contribution is -0.135. The Hall–Kier alpha value is -3.77. The summed E-state index contributed by atoms with van der Waals surface area (Å²) in [6.45, 7) is 1.12. The Balaban J connectivity index is 1.77. The van der Waals surface area contributed by atoms with Crippen LogP contribution in [-0.4, -0.2) is 64.8 Å². The number of aromatic nitrogens is 2. The standard InChI is InChI=1S/C23H25F4N7O3S/c1-2-34-21(37)16(38-22(34)15(10-28)20(36)30-13-23(25,26)27)11-29-17-4-3-5-18(31-17)32-19(35)12-33-8-6-14(24)7-9-33/h3-5,11,14H,2,6-9,12-13H2,1H3,(H,30,36)(H2,29,31,32,35)/b16-11+,22-15-. The van der Waals surface area contributed by atoms with Gasteiger partial charge in [0.05, 0.1) is 6.54 Å². The first-order valence-corrected chi connectivity index (χ1v) is 12.4. The molecule has 0 unspecified atom stereocenters. The zero-order valence-corrected chi connectivity index (χ0v) is 21.1. The number of nitriles is 1. The van der Waals surface area contributed by atoms with Crippen molar-refractivity contribution in [3.8, 4) is 6.07 Å². The maximum atomic E-state index is 13.3. The SMILES string of the molecule is CCn1c(=O)/c(=C\Nc2cccc(NC(=O)CN3CCC(F)CC3)n2)s/c1=C(/C#N)C(=O)NCC(F)(F)F. The molecule has 38 heavy (non-hydrogen) atoms. The van der Waals surface area contributed by atoms with Gasteiger partial charge in [-0.3, -0.25) is 23.9 Å². The molecule has 204 valence electrons. The van der Waals surface area contributed by atoms with Crippen molar-refractivity contribution in [2.45, 2.75) is 38.7 Å². The number of halogens is 4. The lowest BCUT2D eigenvalue weighted by atomic mass is 10.1. The molecule has 1 saturated heterocycles. The highest BCUT2D eigenvalue weighted by atomic mass is 32.1. The zero-order chi connectivity index (χ0) is 27.9. The van der Waals surface area contributed by atoms with Crippen molar-refractivity contribution in [3.63, 3.8) is 0 Å². The summed E-state index contributed by atoms with van der Waals surface area (Å²) in [5.74, 6) is -1.04. The van der Waals surface area contributed by atoms with Gasteiger partial charge in [-0.25, -0.2) is 9.37 Å². The van der Waals surface area contributed by atoms with Gasteiger partial charge < -0.3 is 16.0 Å². The fourth-order valence-electron chi connectivity index (χ4n) is 3.63.